The van der Waals surface area contributed by atoms with Crippen LogP contribution in [0.4, 0.5) is 4.39 Å². The van der Waals surface area contributed by atoms with Crippen molar-refractivity contribution in [2.45, 2.75) is 6.54 Å². The summed E-state index contributed by atoms with van der Waals surface area (Å²) in [6, 6.07) is 11.3. The highest BCUT2D eigenvalue weighted by Gasteiger charge is 2.06. The maximum Gasteiger partial charge on any atom is 0.251 e. The molecule has 5 heteroatoms. The van der Waals surface area contributed by atoms with E-state index in [0.717, 1.165) is 16.6 Å². The van der Waals surface area contributed by atoms with Gasteiger partial charge in [-0.15, -0.1) is 0 Å². The first kappa shape index (κ1) is 12.3. The minimum Gasteiger partial charge on any atom is -0.348 e. The molecule has 1 heterocycles. The van der Waals surface area contributed by atoms with Gasteiger partial charge in [-0.1, -0.05) is 12.1 Å². The molecule has 2 N–H and O–H groups in total. The van der Waals surface area contributed by atoms with Crippen molar-refractivity contribution in [3.63, 3.8) is 0 Å². The van der Waals surface area contributed by atoms with Crippen molar-refractivity contribution in [1.29, 1.82) is 0 Å². The summed E-state index contributed by atoms with van der Waals surface area (Å²) in [7, 11) is 0. The molecule has 0 spiro atoms. The van der Waals surface area contributed by atoms with Gasteiger partial charge in [-0.25, -0.2) is 9.37 Å². The molecular weight excluding hydrogens is 257 g/mol. The van der Waals surface area contributed by atoms with E-state index in [1.807, 2.05) is 18.2 Å². The average Bonchev–Trinajstić information content (AvgIpc) is 2.92. The average molecular weight is 269 g/mol. The molecule has 20 heavy (non-hydrogen) atoms. The molecule has 0 saturated heterocycles. The number of aromatic amines is 1. The number of carbonyl (C=O) groups excluding carboxylic acids is 1. The summed E-state index contributed by atoms with van der Waals surface area (Å²) in [5, 5.41) is 2.76. The SMILES string of the molecule is O=C(NCc1ccc2nc[nH]c2c1)c1cccc(F)c1. The summed E-state index contributed by atoms with van der Waals surface area (Å²) in [5.74, 6) is -0.717. The van der Waals surface area contributed by atoms with E-state index in [1.54, 1.807) is 12.4 Å². The van der Waals surface area contributed by atoms with Gasteiger partial charge in [0.2, 0.25) is 0 Å². The number of nitrogens with one attached hydrogen (secondary N) is 2. The third kappa shape index (κ3) is 2.51. The Bertz CT molecular complexity index is 766. The van der Waals surface area contributed by atoms with E-state index in [1.165, 1.54) is 18.2 Å². The Morgan fingerprint density at radius 1 is 1.25 bits per heavy atom. The lowest BCUT2D eigenvalue weighted by atomic mass is 10.1. The molecule has 4 nitrogen and oxygen atoms in total. The van der Waals surface area contributed by atoms with Crippen LogP contribution in [-0.2, 0) is 6.54 Å². The van der Waals surface area contributed by atoms with Crippen LogP contribution >= 0.6 is 0 Å². The van der Waals surface area contributed by atoms with Gasteiger partial charge >= 0.3 is 0 Å². The van der Waals surface area contributed by atoms with Gasteiger partial charge in [0, 0.05) is 12.1 Å². The number of carbonyl (C=O) groups is 1. The number of fused-ring (bicyclic) bond motifs is 1. The van der Waals surface area contributed by atoms with Gasteiger partial charge in [-0.05, 0) is 35.9 Å². The fourth-order valence-corrected chi connectivity index (χ4v) is 2.01. The second-order valence-electron chi connectivity index (χ2n) is 4.45. The number of hydrogen-bond donors (Lipinski definition) is 2. The van der Waals surface area contributed by atoms with E-state index in [2.05, 4.69) is 15.3 Å². The molecular formula is C15H12FN3O. The van der Waals surface area contributed by atoms with Crippen molar-refractivity contribution in [1.82, 2.24) is 15.3 Å². The van der Waals surface area contributed by atoms with Gasteiger partial charge in [0.15, 0.2) is 0 Å². The summed E-state index contributed by atoms with van der Waals surface area (Å²) in [5.41, 5.74) is 3.06. The zero-order valence-electron chi connectivity index (χ0n) is 10.6. The predicted octanol–water partition coefficient (Wildman–Crippen LogP) is 2.63. The lowest BCUT2D eigenvalue weighted by molar-refractivity contribution is 0.0950. The highest BCUT2D eigenvalue weighted by Crippen LogP contribution is 2.11. The van der Waals surface area contributed by atoms with Crippen LogP contribution in [0.1, 0.15) is 15.9 Å². The number of hydrogen-bond acceptors (Lipinski definition) is 2. The van der Waals surface area contributed by atoms with Crippen molar-refractivity contribution >= 4 is 16.9 Å². The summed E-state index contributed by atoms with van der Waals surface area (Å²) in [4.78, 5) is 19.0. The molecule has 0 saturated carbocycles. The molecule has 1 amide bonds. The van der Waals surface area contributed by atoms with Crippen molar-refractivity contribution in [3.8, 4) is 0 Å². The van der Waals surface area contributed by atoms with Gasteiger partial charge < -0.3 is 10.3 Å². The van der Waals surface area contributed by atoms with Crippen LogP contribution in [0.2, 0.25) is 0 Å². The standard InChI is InChI=1S/C15H12FN3O/c16-12-3-1-2-11(7-12)15(20)17-8-10-4-5-13-14(6-10)19-9-18-13/h1-7,9H,8H2,(H,17,20)(H,18,19). The van der Waals surface area contributed by atoms with Crippen molar-refractivity contribution in [3.05, 3.63) is 65.7 Å². The Kier molecular flexibility index (Phi) is 3.16. The second kappa shape index (κ2) is 5.13. The molecule has 0 bridgehead atoms. The Morgan fingerprint density at radius 3 is 3.00 bits per heavy atom. The number of nitrogens with zero attached hydrogens (tertiary/aromatic N) is 1. The van der Waals surface area contributed by atoms with Crippen LogP contribution in [0.15, 0.2) is 48.8 Å². The minimum atomic E-state index is -0.420. The fourth-order valence-electron chi connectivity index (χ4n) is 2.01. The quantitative estimate of drug-likeness (QED) is 0.768. The van der Waals surface area contributed by atoms with Gasteiger partial charge in [-0.2, -0.15) is 0 Å². The number of imidazole rings is 1. The monoisotopic (exact) mass is 269 g/mol. The van der Waals surface area contributed by atoms with E-state index in [9.17, 15) is 9.18 Å². The van der Waals surface area contributed by atoms with Crippen molar-refractivity contribution < 1.29 is 9.18 Å². The summed E-state index contributed by atoms with van der Waals surface area (Å²) in [6.45, 7) is 0.379. The molecule has 0 aliphatic heterocycles. The van der Waals surface area contributed by atoms with Gasteiger partial charge in [0.25, 0.3) is 5.91 Å². The van der Waals surface area contributed by atoms with Gasteiger partial charge in [0.1, 0.15) is 5.82 Å². The first-order valence-electron chi connectivity index (χ1n) is 6.18. The van der Waals surface area contributed by atoms with Crippen LogP contribution in [0, 0.1) is 5.82 Å². The number of halogens is 1. The van der Waals surface area contributed by atoms with Crippen LogP contribution in [-0.4, -0.2) is 15.9 Å². The third-order valence-corrected chi connectivity index (χ3v) is 3.02. The molecule has 0 aliphatic carbocycles. The number of benzene rings is 2. The second-order valence-corrected chi connectivity index (χ2v) is 4.45. The summed E-state index contributed by atoms with van der Waals surface area (Å²) >= 11 is 0. The van der Waals surface area contributed by atoms with Gasteiger partial charge in [0.05, 0.1) is 17.4 Å². The molecule has 3 aromatic rings. The highest BCUT2D eigenvalue weighted by molar-refractivity contribution is 5.94. The molecule has 0 aliphatic rings. The van der Waals surface area contributed by atoms with E-state index in [-0.39, 0.29) is 5.91 Å². The smallest absolute Gasteiger partial charge is 0.251 e. The van der Waals surface area contributed by atoms with E-state index in [0.29, 0.717) is 12.1 Å². The summed E-state index contributed by atoms with van der Waals surface area (Å²) in [6.07, 6.45) is 1.62. The predicted molar refractivity (Wildman–Crippen MR) is 73.7 cm³/mol. The van der Waals surface area contributed by atoms with Crippen molar-refractivity contribution in [2.75, 3.05) is 0 Å². The molecule has 100 valence electrons. The number of aromatic nitrogens is 2. The number of rotatable bonds is 3. The molecule has 0 fully saturated rings. The maximum atomic E-state index is 13.0. The molecule has 3 rings (SSSR count). The largest absolute Gasteiger partial charge is 0.348 e. The lowest BCUT2D eigenvalue weighted by Gasteiger charge is -2.05. The highest BCUT2D eigenvalue weighted by atomic mass is 19.1. The zero-order chi connectivity index (χ0) is 13.9. The van der Waals surface area contributed by atoms with Crippen molar-refractivity contribution in [2.24, 2.45) is 0 Å². The molecule has 2 aromatic carbocycles. The van der Waals surface area contributed by atoms with Crippen LogP contribution in [0.5, 0.6) is 0 Å². The Hall–Kier alpha value is -2.69. The van der Waals surface area contributed by atoms with Crippen LogP contribution in [0.3, 0.4) is 0 Å². The van der Waals surface area contributed by atoms with E-state index >= 15 is 0 Å². The Balaban J connectivity index is 1.71. The van der Waals surface area contributed by atoms with Crippen LogP contribution in [0.25, 0.3) is 11.0 Å². The minimum absolute atomic E-state index is 0.297. The van der Waals surface area contributed by atoms with Crippen LogP contribution < -0.4 is 5.32 Å². The Labute approximate surface area is 114 Å². The fraction of sp³-hybridized carbons (Fsp3) is 0.0667. The lowest BCUT2D eigenvalue weighted by Crippen LogP contribution is -2.22. The molecule has 0 atom stereocenters. The molecule has 0 unspecified atom stereocenters. The first-order valence-corrected chi connectivity index (χ1v) is 6.18. The topological polar surface area (TPSA) is 57.8 Å². The maximum absolute atomic E-state index is 13.0. The number of H-pyrrole nitrogens is 1. The molecule has 1 aromatic heterocycles. The normalized spacial score (nSPS) is 10.7. The van der Waals surface area contributed by atoms with E-state index < -0.39 is 5.82 Å². The Morgan fingerprint density at radius 2 is 2.15 bits per heavy atom. The zero-order valence-corrected chi connectivity index (χ0v) is 10.6. The first-order chi connectivity index (χ1) is 9.72. The van der Waals surface area contributed by atoms with Gasteiger partial charge in [-0.3, -0.25) is 4.79 Å². The third-order valence-electron chi connectivity index (χ3n) is 3.02. The molecule has 0 radical (unpaired) electrons. The number of amides is 1. The summed E-state index contributed by atoms with van der Waals surface area (Å²) < 4.78 is 13.0. The van der Waals surface area contributed by atoms with E-state index in [4.69, 9.17) is 0 Å².